The Labute approximate surface area is 92.1 Å². The summed E-state index contributed by atoms with van der Waals surface area (Å²) in [5.74, 6) is 0.866. The van der Waals surface area contributed by atoms with Gasteiger partial charge in [-0.25, -0.2) is 0 Å². The summed E-state index contributed by atoms with van der Waals surface area (Å²) in [6.45, 7) is 2.89. The van der Waals surface area contributed by atoms with Crippen LogP contribution in [-0.2, 0) is 0 Å². The van der Waals surface area contributed by atoms with E-state index in [1.165, 1.54) is 0 Å². The average molecular weight is 213 g/mol. The van der Waals surface area contributed by atoms with Crippen molar-refractivity contribution in [1.29, 1.82) is 0 Å². The molecule has 0 fully saturated rings. The van der Waals surface area contributed by atoms with Gasteiger partial charge in [0.25, 0.3) is 0 Å². The molecule has 0 atom stereocenters. The molecule has 0 spiro atoms. The first-order chi connectivity index (χ1) is 7.90. The van der Waals surface area contributed by atoms with Crippen LogP contribution in [0.15, 0.2) is 30.6 Å². The molecule has 1 N–H and O–H groups in total. The van der Waals surface area contributed by atoms with Gasteiger partial charge in [0.1, 0.15) is 6.33 Å². The number of nitrogens with zero attached hydrogens (tertiary/aromatic N) is 4. The molecule has 0 amide bonds. The van der Waals surface area contributed by atoms with E-state index in [-0.39, 0.29) is 0 Å². The molecular formula is C11H11N5. The maximum atomic E-state index is 4.43. The monoisotopic (exact) mass is 213 g/mol. The third-order valence-electron chi connectivity index (χ3n) is 2.51. The molecule has 2 aromatic heterocycles. The van der Waals surface area contributed by atoms with E-state index in [2.05, 4.69) is 20.6 Å². The van der Waals surface area contributed by atoms with Crippen molar-refractivity contribution in [3.8, 4) is 0 Å². The maximum absolute atomic E-state index is 4.43. The van der Waals surface area contributed by atoms with Crippen LogP contribution in [0.3, 0.4) is 0 Å². The second-order valence-corrected chi connectivity index (χ2v) is 3.52. The lowest BCUT2D eigenvalue weighted by Gasteiger charge is -2.07. The summed E-state index contributed by atoms with van der Waals surface area (Å²) < 4.78 is 1.69. The van der Waals surface area contributed by atoms with Gasteiger partial charge >= 0.3 is 0 Å². The number of anilines is 1. The Bertz CT molecular complexity index is 643. The van der Waals surface area contributed by atoms with Crippen LogP contribution in [-0.4, -0.2) is 26.4 Å². The van der Waals surface area contributed by atoms with Gasteiger partial charge in [0.15, 0.2) is 11.5 Å². The first kappa shape index (κ1) is 9.08. The molecule has 1 aromatic carbocycles. The molecule has 0 saturated heterocycles. The highest BCUT2D eigenvalue weighted by Crippen LogP contribution is 2.23. The van der Waals surface area contributed by atoms with Gasteiger partial charge in [-0.3, -0.25) is 0 Å². The number of nitrogens with one attached hydrogen (secondary N) is 1. The first-order valence-electron chi connectivity index (χ1n) is 5.23. The third-order valence-corrected chi connectivity index (χ3v) is 2.51. The molecule has 0 aliphatic rings. The van der Waals surface area contributed by atoms with Gasteiger partial charge in [-0.15, -0.1) is 15.3 Å². The summed E-state index contributed by atoms with van der Waals surface area (Å²) >= 11 is 0. The lowest BCUT2D eigenvalue weighted by molar-refractivity contribution is 0.931. The lowest BCUT2D eigenvalue weighted by atomic mass is 10.2. The Hall–Kier alpha value is -2.17. The highest BCUT2D eigenvalue weighted by atomic mass is 15.4. The molecule has 3 aromatic rings. The van der Waals surface area contributed by atoms with Gasteiger partial charge in [-0.1, -0.05) is 24.3 Å². The van der Waals surface area contributed by atoms with Crippen LogP contribution in [0.5, 0.6) is 0 Å². The average Bonchev–Trinajstić information content (AvgIpc) is 2.78. The van der Waals surface area contributed by atoms with Crippen molar-refractivity contribution >= 4 is 22.2 Å². The topological polar surface area (TPSA) is 55.1 Å². The van der Waals surface area contributed by atoms with E-state index in [1.54, 1.807) is 10.8 Å². The molecule has 0 radical (unpaired) electrons. The van der Waals surface area contributed by atoms with Crippen molar-refractivity contribution in [2.45, 2.75) is 6.92 Å². The van der Waals surface area contributed by atoms with Gasteiger partial charge in [0.2, 0.25) is 0 Å². The maximum Gasteiger partial charge on any atom is 0.185 e. The van der Waals surface area contributed by atoms with Crippen LogP contribution in [0.2, 0.25) is 0 Å². The van der Waals surface area contributed by atoms with Crippen LogP contribution in [0.1, 0.15) is 6.92 Å². The van der Waals surface area contributed by atoms with Crippen LogP contribution in [0.4, 0.5) is 5.82 Å². The van der Waals surface area contributed by atoms with Gasteiger partial charge < -0.3 is 5.32 Å². The fourth-order valence-electron chi connectivity index (χ4n) is 1.82. The van der Waals surface area contributed by atoms with Crippen molar-refractivity contribution in [3.05, 3.63) is 30.6 Å². The van der Waals surface area contributed by atoms with Gasteiger partial charge in [0.05, 0.1) is 0 Å². The number of hydrogen-bond acceptors (Lipinski definition) is 4. The Balaban J connectivity index is 2.45. The molecule has 0 saturated carbocycles. The van der Waals surface area contributed by atoms with E-state index in [0.29, 0.717) is 0 Å². The van der Waals surface area contributed by atoms with Gasteiger partial charge in [-0.05, 0) is 6.92 Å². The zero-order valence-corrected chi connectivity index (χ0v) is 8.88. The van der Waals surface area contributed by atoms with Crippen LogP contribution >= 0.6 is 0 Å². The lowest BCUT2D eigenvalue weighted by Crippen LogP contribution is -2.03. The van der Waals surface area contributed by atoms with E-state index >= 15 is 0 Å². The fraction of sp³-hybridized carbons (Fsp3) is 0.182. The van der Waals surface area contributed by atoms with E-state index in [9.17, 15) is 0 Å². The predicted octanol–water partition coefficient (Wildman–Crippen LogP) is 1.71. The Morgan fingerprint density at radius 1 is 1.25 bits per heavy atom. The quantitative estimate of drug-likeness (QED) is 0.704. The van der Waals surface area contributed by atoms with E-state index in [1.807, 2.05) is 31.2 Å². The second kappa shape index (κ2) is 3.44. The van der Waals surface area contributed by atoms with Crippen molar-refractivity contribution in [1.82, 2.24) is 19.8 Å². The van der Waals surface area contributed by atoms with Crippen molar-refractivity contribution in [2.75, 3.05) is 11.9 Å². The molecule has 0 aliphatic carbocycles. The molecular weight excluding hydrogens is 202 g/mol. The van der Waals surface area contributed by atoms with Crippen molar-refractivity contribution in [2.24, 2.45) is 0 Å². The standard InChI is InChI=1S/C11H11N5/c1-2-12-10-8-5-3-4-6-9(8)11-14-13-7-16(11)15-10/h3-7H,2H2,1H3,(H,12,15). The summed E-state index contributed by atoms with van der Waals surface area (Å²) in [5.41, 5.74) is 0.789. The molecule has 5 nitrogen and oxygen atoms in total. The largest absolute Gasteiger partial charge is 0.368 e. The first-order valence-corrected chi connectivity index (χ1v) is 5.23. The van der Waals surface area contributed by atoms with Gasteiger partial charge in [-0.2, -0.15) is 4.52 Å². The molecule has 16 heavy (non-hydrogen) atoms. The summed E-state index contributed by atoms with van der Waals surface area (Å²) in [6, 6.07) is 8.06. The Morgan fingerprint density at radius 3 is 2.88 bits per heavy atom. The molecule has 3 rings (SSSR count). The molecule has 2 heterocycles. The molecule has 0 unspecified atom stereocenters. The molecule has 5 heteroatoms. The summed E-state index contributed by atoms with van der Waals surface area (Å²) in [6.07, 6.45) is 1.61. The third kappa shape index (κ3) is 1.21. The fourth-order valence-corrected chi connectivity index (χ4v) is 1.82. The summed E-state index contributed by atoms with van der Waals surface area (Å²) in [7, 11) is 0. The van der Waals surface area contributed by atoms with Crippen LogP contribution in [0.25, 0.3) is 16.4 Å². The van der Waals surface area contributed by atoms with E-state index in [4.69, 9.17) is 0 Å². The van der Waals surface area contributed by atoms with Crippen molar-refractivity contribution in [3.63, 3.8) is 0 Å². The number of rotatable bonds is 2. The SMILES string of the molecule is CCNc1nn2cnnc2c2ccccc12. The second-order valence-electron chi connectivity index (χ2n) is 3.52. The summed E-state index contributed by atoms with van der Waals surface area (Å²) in [4.78, 5) is 0. The molecule has 80 valence electrons. The minimum atomic E-state index is 0.789. The number of aromatic nitrogens is 4. The Kier molecular flexibility index (Phi) is 1.96. The van der Waals surface area contributed by atoms with Gasteiger partial charge in [0, 0.05) is 17.3 Å². The zero-order chi connectivity index (χ0) is 11.0. The van der Waals surface area contributed by atoms with Crippen LogP contribution in [0, 0.1) is 0 Å². The number of hydrogen-bond donors (Lipinski definition) is 1. The normalized spacial score (nSPS) is 11.1. The van der Waals surface area contributed by atoms with E-state index < -0.39 is 0 Å². The van der Waals surface area contributed by atoms with E-state index in [0.717, 1.165) is 28.8 Å². The Morgan fingerprint density at radius 2 is 2.06 bits per heavy atom. The zero-order valence-electron chi connectivity index (χ0n) is 8.88. The number of benzene rings is 1. The number of fused-ring (bicyclic) bond motifs is 3. The smallest absolute Gasteiger partial charge is 0.185 e. The highest BCUT2D eigenvalue weighted by molar-refractivity contribution is 5.99. The minimum absolute atomic E-state index is 0.789. The molecule has 0 aliphatic heterocycles. The highest BCUT2D eigenvalue weighted by Gasteiger charge is 2.08. The minimum Gasteiger partial charge on any atom is -0.368 e. The molecule has 0 bridgehead atoms. The summed E-state index contributed by atoms with van der Waals surface area (Å²) in [5, 5.41) is 17.8. The van der Waals surface area contributed by atoms with Crippen molar-refractivity contribution < 1.29 is 0 Å². The van der Waals surface area contributed by atoms with Crippen LogP contribution < -0.4 is 5.32 Å². The predicted molar refractivity (Wildman–Crippen MR) is 62.5 cm³/mol.